The van der Waals surface area contributed by atoms with Crippen molar-refractivity contribution in [1.29, 1.82) is 0 Å². The number of ether oxygens (including phenoxy) is 2. The normalized spacial score (nSPS) is 45.4. The topological polar surface area (TPSA) is 52.6 Å². The van der Waals surface area contributed by atoms with Crippen LogP contribution >= 0.6 is 0 Å². The standard InChI is InChI=1S/C22H24O4/c1-19-10-4-5-11-21(19)12-13-22(19,14-6-8-15(25-3)9-7-14)20(2)16(21)17(23)26-18(20)24/h6-9,12-13,16H,4-5,10-11H2,1-3H3/t16-,19-,20-,21+,22-/m0/s1. The number of rotatable bonds is 2. The fourth-order valence-electron chi connectivity index (χ4n) is 7.29. The number of carbonyl (C=O) groups is 2. The van der Waals surface area contributed by atoms with Crippen LogP contribution in [-0.4, -0.2) is 19.0 Å². The van der Waals surface area contributed by atoms with Gasteiger partial charge in [-0.25, -0.2) is 0 Å². The van der Waals surface area contributed by atoms with Crippen molar-refractivity contribution in [3.63, 3.8) is 0 Å². The minimum atomic E-state index is -0.855. The maximum atomic E-state index is 13.1. The first-order valence-corrected chi connectivity index (χ1v) is 9.48. The van der Waals surface area contributed by atoms with Crippen LogP contribution in [0.1, 0.15) is 45.1 Å². The summed E-state index contributed by atoms with van der Waals surface area (Å²) in [7, 11) is 1.65. The van der Waals surface area contributed by atoms with Crippen molar-refractivity contribution in [3.05, 3.63) is 42.0 Å². The maximum absolute atomic E-state index is 13.1. The van der Waals surface area contributed by atoms with E-state index in [1.165, 1.54) is 0 Å². The fraction of sp³-hybridized carbons (Fsp3) is 0.545. The van der Waals surface area contributed by atoms with Gasteiger partial charge in [0.2, 0.25) is 0 Å². The summed E-state index contributed by atoms with van der Waals surface area (Å²) in [5.41, 5.74) is -0.755. The monoisotopic (exact) mass is 352 g/mol. The van der Waals surface area contributed by atoms with E-state index in [9.17, 15) is 9.59 Å². The minimum absolute atomic E-state index is 0.165. The van der Waals surface area contributed by atoms with E-state index in [2.05, 4.69) is 31.2 Å². The van der Waals surface area contributed by atoms with Crippen molar-refractivity contribution in [2.24, 2.45) is 22.2 Å². The molecule has 136 valence electrons. The Morgan fingerprint density at radius 2 is 1.73 bits per heavy atom. The molecule has 1 aromatic rings. The van der Waals surface area contributed by atoms with Crippen LogP contribution in [-0.2, 0) is 19.7 Å². The summed E-state index contributed by atoms with van der Waals surface area (Å²) in [5, 5.41) is 0. The molecule has 4 heteroatoms. The summed E-state index contributed by atoms with van der Waals surface area (Å²) in [6.07, 6.45) is 8.66. The number of methoxy groups -OCH3 is 1. The molecular weight excluding hydrogens is 328 g/mol. The lowest BCUT2D eigenvalue weighted by molar-refractivity contribution is -0.159. The van der Waals surface area contributed by atoms with Gasteiger partial charge < -0.3 is 9.47 Å². The lowest BCUT2D eigenvalue weighted by Gasteiger charge is -2.51. The third kappa shape index (κ3) is 1.33. The molecule has 3 fully saturated rings. The number of fused-ring (bicyclic) bond motifs is 2. The van der Waals surface area contributed by atoms with Gasteiger partial charge in [0.05, 0.1) is 18.4 Å². The van der Waals surface area contributed by atoms with Gasteiger partial charge in [-0.05, 0) is 42.9 Å². The molecule has 0 spiro atoms. The van der Waals surface area contributed by atoms with Crippen LogP contribution in [0.5, 0.6) is 5.75 Å². The van der Waals surface area contributed by atoms with Crippen molar-refractivity contribution in [2.45, 2.75) is 44.9 Å². The number of carbonyl (C=O) groups excluding carboxylic acids is 2. The van der Waals surface area contributed by atoms with Crippen molar-refractivity contribution in [2.75, 3.05) is 7.11 Å². The molecule has 5 atom stereocenters. The molecule has 2 saturated carbocycles. The van der Waals surface area contributed by atoms with Crippen LogP contribution < -0.4 is 4.74 Å². The van der Waals surface area contributed by atoms with Gasteiger partial charge in [0.1, 0.15) is 5.75 Å². The Kier molecular flexibility index (Phi) is 2.84. The van der Waals surface area contributed by atoms with Gasteiger partial charge in [0.15, 0.2) is 0 Å². The minimum Gasteiger partial charge on any atom is -0.497 e. The molecule has 4 nitrogen and oxygen atoms in total. The number of cyclic esters (lactones) is 2. The summed E-state index contributed by atoms with van der Waals surface area (Å²) < 4.78 is 10.6. The molecule has 0 amide bonds. The fourth-order valence-corrected chi connectivity index (χ4v) is 7.29. The maximum Gasteiger partial charge on any atom is 0.321 e. The Labute approximate surface area is 153 Å². The molecule has 0 radical (unpaired) electrons. The Bertz CT molecular complexity index is 855. The number of hydrogen-bond donors (Lipinski definition) is 0. The molecule has 1 saturated heterocycles. The summed E-state index contributed by atoms with van der Waals surface area (Å²) in [5.74, 6) is -0.287. The smallest absolute Gasteiger partial charge is 0.321 e. The third-order valence-electron chi connectivity index (χ3n) is 8.36. The van der Waals surface area contributed by atoms with Gasteiger partial charge in [0, 0.05) is 10.8 Å². The number of hydrogen-bond acceptors (Lipinski definition) is 4. The van der Waals surface area contributed by atoms with Crippen LogP contribution in [0.15, 0.2) is 36.4 Å². The van der Waals surface area contributed by atoms with Gasteiger partial charge in [-0.2, -0.15) is 0 Å². The first-order valence-electron chi connectivity index (χ1n) is 9.48. The highest BCUT2D eigenvalue weighted by Crippen LogP contribution is 2.83. The lowest BCUT2D eigenvalue weighted by atomic mass is 9.51. The first kappa shape index (κ1) is 16.1. The van der Waals surface area contributed by atoms with Gasteiger partial charge in [-0.15, -0.1) is 0 Å². The van der Waals surface area contributed by atoms with Crippen molar-refractivity contribution in [3.8, 4) is 5.75 Å². The summed E-state index contributed by atoms with van der Waals surface area (Å²) in [4.78, 5) is 25.9. The number of esters is 2. The molecule has 5 rings (SSSR count). The summed E-state index contributed by atoms with van der Waals surface area (Å²) in [6.45, 7) is 4.25. The molecule has 0 unspecified atom stereocenters. The largest absolute Gasteiger partial charge is 0.497 e. The van der Waals surface area contributed by atoms with E-state index in [-0.39, 0.29) is 28.7 Å². The molecule has 3 aliphatic carbocycles. The molecule has 0 aromatic heterocycles. The summed E-state index contributed by atoms with van der Waals surface area (Å²) in [6, 6.07) is 8.01. The average Bonchev–Trinajstić information content (AvgIpc) is 3.11. The number of allylic oxidation sites excluding steroid dienone is 2. The van der Waals surface area contributed by atoms with Crippen molar-refractivity contribution >= 4 is 11.9 Å². The quantitative estimate of drug-likeness (QED) is 0.462. The molecule has 1 aliphatic heterocycles. The van der Waals surface area contributed by atoms with E-state index in [0.29, 0.717) is 0 Å². The van der Waals surface area contributed by atoms with Crippen LogP contribution in [0.4, 0.5) is 0 Å². The average molecular weight is 352 g/mol. The van der Waals surface area contributed by atoms with E-state index in [1.807, 2.05) is 19.1 Å². The van der Waals surface area contributed by atoms with E-state index < -0.39 is 10.8 Å². The van der Waals surface area contributed by atoms with Gasteiger partial charge >= 0.3 is 11.9 Å². The van der Waals surface area contributed by atoms with Gasteiger partial charge in [-0.3, -0.25) is 9.59 Å². The van der Waals surface area contributed by atoms with Crippen LogP contribution in [0, 0.1) is 22.2 Å². The predicted octanol–water partition coefficient (Wildman–Crippen LogP) is 3.79. The third-order valence-corrected chi connectivity index (χ3v) is 8.36. The van der Waals surface area contributed by atoms with Crippen LogP contribution in [0.3, 0.4) is 0 Å². The Balaban J connectivity index is 1.83. The van der Waals surface area contributed by atoms with E-state index in [0.717, 1.165) is 37.0 Å². The predicted molar refractivity (Wildman–Crippen MR) is 95.5 cm³/mol. The van der Waals surface area contributed by atoms with Crippen LogP contribution in [0.25, 0.3) is 0 Å². The van der Waals surface area contributed by atoms with Gasteiger partial charge in [-0.1, -0.05) is 44.1 Å². The van der Waals surface area contributed by atoms with Crippen LogP contribution in [0.2, 0.25) is 0 Å². The molecule has 2 bridgehead atoms. The molecule has 1 heterocycles. The zero-order chi connectivity index (χ0) is 18.4. The SMILES string of the molecule is COc1ccc([C@@]23C=C[C@]4(CCCC[C@]24C)[C@H]2C(=O)OC(=O)[C@]23C)cc1. The molecule has 1 aromatic carbocycles. The zero-order valence-electron chi connectivity index (χ0n) is 15.5. The Morgan fingerprint density at radius 1 is 1.04 bits per heavy atom. The highest BCUT2D eigenvalue weighted by Gasteiger charge is 2.86. The lowest BCUT2D eigenvalue weighted by Crippen LogP contribution is -2.51. The van der Waals surface area contributed by atoms with E-state index >= 15 is 0 Å². The second kappa shape index (κ2) is 4.59. The Morgan fingerprint density at radius 3 is 2.42 bits per heavy atom. The molecule has 0 N–H and O–H groups in total. The number of benzene rings is 1. The zero-order valence-corrected chi connectivity index (χ0v) is 15.5. The Hall–Kier alpha value is -2.10. The second-order valence-electron chi connectivity index (χ2n) is 8.79. The summed E-state index contributed by atoms with van der Waals surface area (Å²) >= 11 is 0. The highest BCUT2D eigenvalue weighted by molar-refractivity contribution is 6.03. The highest BCUT2D eigenvalue weighted by atomic mass is 16.6. The molecule has 4 aliphatic rings. The molecular formula is C22H24O4. The second-order valence-corrected chi connectivity index (χ2v) is 8.79. The van der Waals surface area contributed by atoms with E-state index in [4.69, 9.17) is 9.47 Å². The van der Waals surface area contributed by atoms with E-state index in [1.54, 1.807) is 7.11 Å². The van der Waals surface area contributed by atoms with Crippen molar-refractivity contribution < 1.29 is 19.1 Å². The molecule has 26 heavy (non-hydrogen) atoms. The van der Waals surface area contributed by atoms with Gasteiger partial charge in [0.25, 0.3) is 0 Å². The van der Waals surface area contributed by atoms with Crippen molar-refractivity contribution in [1.82, 2.24) is 0 Å². The first-order chi connectivity index (χ1) is 12.4.